The van der Waals surface area contributed by atoms with Gasteiger partial charge in [-0.15, -0.1) is 0 Å². The van der Waals surface area contributed by atoms with Crippen LogP contribution in [0.25, 0.3) is 11.1 Å². The quantitative estimate of drug-likeness (QED) is 0.145. The van der Waals surface area contributed by atoms with Gasteiger partial charge < -0.3 is 21.5 Å². The molecule has 0 saturated carbocycles. The molecule has 3 rings (SSSR count). The highest BCUT2D eigenvalue weighted by Gasteiger charge is 2.14. The Morgan fingerprint density at radius 2 is 1.53 bits per heavy atom. The second-order valence-electron chi connectivity index (χ2n) is 8.15. The summed E-state index contributed by atoms with van der Waals surface area (Å²) < 4.78 is 25.2. The van der Waals surface area contributed by atoms with Gasteiger partial charge in [-0.2, -0.15) is 0 Å². The number of aliphatic hydroxyl groups excluding tert-OH is 1. The smallest absolute Gasteiger partial charge is 0.178 e. The van der Waals surface area contributed by atoms with E-state index in [4.69, 9.17) is 11.1 Å². The van der Waals surface area contributed by atoms with E-state index >= 15 is 0 Å². The van der Waals surface area contributed by atoms with E-state index in [1.807, 2.05) is 54.6 Å². The van der Waals surface area contributed by atoms with Crippen molar-refractivity contribution >= 4 is 21.4 Å². The highest BCUT2D eigenvalue weighted by atomic mass is 32.2. The fourth-order valence-electron chi connectivity index (χ4n) is 3.49. The van der Waals surface area contributed by atoms with Crippen LogP contribution in [0.2, 0.25) is 0 Å². The lowest BCUT2D eigenvalue weighted by Gasteiger charge is -2.14. The maximum atomic E-state index is 12.6. The Balaban J connectivity index is 1.33. The molecular formula is C26H32N4O3S. The number of amidine groups is 1. The number of nitrogens with one attached hydrogen (secondary N) is 3. The lowest BCUT2D eigenvalue weighted by molar-refractivity contribution is 0.184. The summed E-state index contributed by atoms with van der Waals surface area (Å²) in [6.07, 6.45) is 0.667. The topological polar surface area (TPSA) is 128 Å². The number of anilines is 1. The molecule has 0 amide bonds. The van der Waals surface area contributed by atoms with E-state index in [-0.39, 0.29) is 11.6 Å². The van der Waals surface area contributed by atoms with Crippen LogP contribution in [0.3, 0.4) is 0 Å². The van der Waals surface area contributed by atoms with Crippen LogP contribution in [0.4, 0.5) is 5.69 Å². The lowest BCUT2D eigenvalue weighted by atomic mass is 10.1. The van der Waals surface area contributed by atoms with Crippen LogP contribution < -0.4 is 16.4 Å². The van der Waals surface area contributed by atoms with Crippen LogP contribution in [0.1, 0.15) is 18.4 Å². The van der Waals surface area contributed by atoms with Crippen molar-refractivity contribution < 1.29 is 13.5 Å². The predicted molar refractivity (Wildman–Crippen MR) is 138 cm³/mol. The highest BCUT2D eigenvalue weighted by molar-refractivity contribution is 7.91. The molecule has 6 N–H and O–H groups in total. The molecule has 3 aromatic carbocycles. The molecule has 0 aliphatic carbocycles. The second-order valence-corrected chi connectivity index (χ2v) is 10.3. The summed E-state index contributed by atoms with van der Waals surface area (Å²) in [4.78, 5) is 0.345. The number of benzene rings is 3. The first-order valence-electron chi connectivity index (χ1n) is 11.3. The Bertz CT molecular complexity index is 1150. The largest absolute Gasteiger partial charge is 0.390 e. The van der Waals surface area contributed by atoms with Gasteiger partial charge in [-0.25, -0.2) is 8.42 Å². The van der Waals surface area contributed by atoms with E-state index < -0.39 is 15.9 Å². The summed E-state index contributed by atoms with van der Waals surface area (Å²) in [7, 11) is -3.32. The van der Waals surface area contributed by atoms with Crippen LogP contribution in [-0.4, -0.2) is 50.9 Å². The normalized spacial score (nSPS) is 12.3. The summed E-state index contributed by atoms with van der Waals surface area (Å²) in [6.45, 7) is 1.42. The molecule has 0 radical (unpaired) electrons. The van der Waals surface area contributed by atoms with Crippen molar-refractivity contribution in [1.82, 2.24) is 5.32 Å². The summed E-state index contributed by atoms with van der Waals surface area (Å²) in [5, 5.41) is 23.8. The highest BCUT2D eigenvalue weighted by Crippen LogP contribution is 2.22. The molecule has 0 aromatic heterocycles. The Morgan fingerprint density at radius 3 is 2.18 bits per heavy atom. The molecule has 0 aliphatic rings. The van der Waals surface area contributed by atoms with Crippen LogP contribution in [0.15, 0.2) is 83.8 Å². The van der Waals surface area contributed by atoms with Crippen LogP contribution in [0.5, 0.6) is 0 Å². The molecule has 0 bridgehead atoms. The fourth-order valence-corrected chi connectivity index (χ4v) is 4.86. The minimum Gasteiger partial charge on any atom is -0.390 e. The maximum absolute atomic E-state index is 12.6. The molecule has 0 aliphatic heterocycles. The number of rotatable bonds is 13. The van der Waals surface area contributed by atoms with E-state index in [0.29, 0.717) is 42.9 Å². The third-order valence-electron chi connectivity index (χ3n) is 5.45. The minimum absolute atomic E-state index is 0.0181. The van der Waals surface area contributed by atoms with Crippen LogP contribution >= 0.6 is 0 Å². The molecule has 1 atom stereocenters. The van der Waals surface area contributed by atoms with Crippen molar-refractivity contribution in [2.24, 2.45) is 5.73 Å². The number of hydrogen-bond donors (Lipinski definition) is 5. The lowest BCUT2D eigenvalue weighted by Crippen LogP contribution is -2.32. The average molecular weight is 481 g/mol. The Kier molecular flexibility index (Phi) is 9.21. The Hall–Kier alpha value is -3.20. The molecule has 7 nitrogen and oxygen atoms in total. The third-order valence-corrected chi connectivity index (χ3v) is 7.27. The molecule has 180 valence electrons. The summed E-state index contributed by atoms with van der Waals surface area (Å²) in [5.74, 6) is 0.115. The zero-order chi connectivity index (χ0) is 24.4. The molecule has 1 unspecified atom stereocenters. The van der Waals surface area contributed by atoms with Gasteiger partial charge in [-0.05, 0) is 66.9 Å². The first kappa shape index (κ1) is 25.4. The minimum atomic E-state index is -3.32. The number of nitrogen functional groups attached to an aromatic ring is 1. The number of nitrogens with two attached hydrogens (primary N) is 1. The van der Waals surface area contributed by atoms with E-state index in [1.54, 1.807) is 24.3 Å². The first-order valence-corrected chi connectivity index (χ1v) is 13.0. The van der Waals surface area contributed by atoms with Gasteiger partial charge >= 0.3 is 0 Å². The zero-order valence-electron chi connectivity index (χ0n) is 19.1. The average Bonchev–Trinajstić information content (AvgIpc) is 2.85. The van der Waals surface area contributed by atoms with Gasteiger partial charge in [0, 0.05) is 24.3 Å². The van der Waals surface area contributed by atoms with E-state index in [2.05, 4.69) is 10.6 Å². The molecule has 0 heterocycles. The third kappa shape index (κ3) is 7.69. The fraction of sp³-hybridized carbons (Fsp3) is 0.269. The molecule has 0 fully saturated rings. The molecule has 0 spiro atoms. The van der Waals surface area contributed by atoms with Crippen molar-refractivity contribution in [1.29, 1.82) is 5.41 Å². The maximum Gasteiger partial charge on any atom is 0.178 e. The monoisotopic (exact) mass is 480 g/mol. The van der Waals surface area contributed by atoms with Gasteiger partial charge in [0.05, 0.1) is 16.8 Å². The first-order chi connectivity index (χ1) is 16.3. The van der Waals surface area contributed by atoms with Gasteiger partial charge in [0.2, 0.25) is 0 Å². The number of unbranched alkanes of at least 4 members (excludes halogenated alkanes) is 1. The molecule has 0 saturated heterocycles. The molecule has 34 heavy (non-hydrogen) atoms. The molecule has 3 aromatic rings. The number of aliphatic hydroxyl groups is 1. The van der Waals surface area contributed by atoms with Gasteiger partial charge in [0.25, 0.3) is 0 Å². The van der Waals surface area contributed by atoms with Crippen molar-refractivity contribution in [2.45, 2.75) is 23.8 Å². The Morgan fingerprint density at radius 1 is 0.882 bits per heavy atom. The Labute approximate surface area is 201 Å². The summed E-state index contributed by atoms with van der Waals surface area (Å²) in [5.41, 5.74) is 8.97. The SMILES string of the molecule is N=C(N)c1ccc(NCC(O)CNCCCCS(=O)(=O)c2ccc(-c3ccccc3)cc2)cc1. The summed E-state index contributed by atoms with van der Waals surface area (Å²) >= 11 is 0. The molecular weight excluding hydrogens is 448 g/mol. The van der Waals surface area contributed by atoms with Crippen molar-refractivity contribution in [2.75, 3.05) is 30.7 Å². The predicted octanol–water partition coefficient (Wildman–Crippen LogP) is 3.25. The summed E-state index contributed by atoms with van der Waals surface area (Å²) in [6, 6.07) is 24.0. The van der Waals surface area contributed by atoms with Crippen LogP contribution in [0, 0.1) is 5.41 Å². The van der Waals surface area contributed by atoms with E-state index in [9.17, 15) is 13.5 Å². The van der Waals surface area contributed by atoms with Crippen molar-refractivity contribution in [3.63, 3.8) is 0 Å². The standard InChI is InChI=1S/C26H32N4O3S/c27-26(28)22-8-12-23(13-9-22)30-19-24(31)18-29-16-4-5-17-34(32,33)25-14-10-21(11-15-25)20-6-2-1-3-7-20/h1-3,6-15,24,29-31H,4-5,16-19H2,(H3,27,28). The number of hydrogen-bond acceptors (Lipinski definition) is 6. The number of sulfone groups is 1. The zero-order valence-corrected chi connectivity index (χ0v) is 19.9. The van der Waals surface area contributed by atoms with E-state index in [1.165, 1.54) is 0 Å². The van der Waals surface area contributed by atoms with E-state index in [0.717, 1.165) is 16.8 Å². The molecule has 8 heteroatoms. The van der Waals surface area contributed by atoms with Gasteiger partial charge in [-0.3, -0.25) is 5.41 Å². The van der Waals surface area contributed by atoms with Gasteiger partial charge in [0.15, 0.2) is 9.84 Å². The van der Waals surface area contributed by atoms with Crippen LogP contribution in [-0.2, 0) is 9.84 Å². The van der Waals surface area contributed by atoms with Crippen molar-refractivity contribution in [3.05, 3.63) is 84.4 Å². The van der Waals surface area contributed by atoms with Gasteiger partial charge in [-0.1, -0.05) is 42.5 Å². The van der Waals surface area contributed by atoms with Crippen molar-refractivity contribution in [3.8, 4) is 11.1 Å². The second kappa shape index (κ2) is 12.3. The van der Waals surface area contributed by atoms with Gasteiger partial charge in [0.1, 0.15) is 5.84 Å².